The normalized spacial score (nSPS) is 14.1. The molecule has 3 aromatic carbocycles. The topological polar surface area (TPSA) is 41.5 Å². The summed E-state index contributed by atoms with van der Waals surface area (Å²) in [6, 6.07) is 20.2. The standard InChI is InChI=1S/C25H29Cl2NO2/c1-17(23-13-21(26)10-11-24(23)27)30-16-22(29)15-28-25(2,3)14-18-8-9-19-6-4-5-7-20(19)12-18/h4-13,17,22,28-29H,14-16H2,1-3H3. The molecule has 3 nitrogen and oxygen atoms in total. The van der Waals surface area contributed by atoms with Crippen LogP contribution < -0.4 is 5.32 Å². The number of β-amino-alcohol motifs (C(OH)–C–C–N with tert-alkyl or cyclic N) is 1. The Balaban J connectivity index is 1.50. The van der Waals surface area contributed by atoms with Gasteiger partial charge in [-0.1, -0.05) is 65.7 Å². The first-order valence-corrected chi connectivity index (χ1v) is 11.0. The zero-order valence-electron chi connectivity index (χ0n) is 17.7. The summed E-state index contributed by atoms with van der Waals surface area (Å²) < 4.78 is 5.82. The molecule has 2 unspecified atom stereocenters. The minimum absolute atomic E-state index is 0.161. The largest absolute Gasteiger partial charge is 0.389 e. The van der Waals surface area contributed by atoms with E-state index < -0.39 is 6.10 Å². The number of halogens is 2. The third kappa shape index (κ3) is 6.44. The van der Waals surface area contributed by atoms with Crippen LogP contribution >= 0.6 is 23.2 Å². The lowest BCUT2D eigenvalue weighted by Crippen LogP contribution is -2.46. The van der Waals surface area contributed by atoms with Gasteiger partial charge in [-0.05, 0) is 61.7 Å². The Morgan fingerprint density at radius 1 is 1.00 bits per heavy atom. The van der Waals surface area contributed by atoms with E-state index in [-0.39, 0.29) is 18.2 Å². The molecule has 0 amide bonds. The van der Waals surface area contributed by atoms with Gasteiger partial charge in [0.05, 0.1) is 18.8 Å². The Kier molecular flexibility index (Phi) is 7.78. The number of rotatable bonds is 9. The number of hydrogen-bond acceptors (Lipinski definition) is 3. The number of nitrogens with one attached hydrogen (secondary N) is 1. The van der Waals surface area contributed by atoms with Crippen molar-refractivity contribution in [3.63, 3.8) is 0 Å². The fraction of sp³-hybridized carbons (Fsp3) is 0.360. The Morgan fingerprint density at radius 3 is 2.50 bits per heavy atom. The molecule has 5 heteroatoms. The van der Waals surface area contributed by atoms with Gasteiger partial charge in [0.15, 0.2) is 0 Å². The van der Waals surface area contributed by atoms with Gasteiger partial charge in [0.2, 0.25) is 0 Å². The van der Waals surface area contributed by atoms with Crippen molar-refractivity contribution in [1.82, 2.24) is 5.32 Å². The van der Waals surface area contributed by atoms with Crippen LogP contribution in [0.1, 0.15) is 38.0 Å². The van der Waals surface area contributed by atoms with Crippen molar-refractivity contribution < 1.29 is 9.84 Å². The first-order chi connectivity index (χ1) is 14.2. The Bertz CT molecular complexity index is 990. The second-order valence-corrected chi connectivity index (χ2v) is 9.26. The summed E-state index contributed by atoms with van der Waals surface area (Å²) in [6.45, 7) is 6.84. The molecule has 0 aliphatic rings. The zero-order chi connectivity index (χ0) is 21.7. The SMILES string of the molecule is CC(OCC(O)CNC(C)(C)Cc1ccc2ccccc2c1)c1cc(Cl)ccc1Cl. The fourth-order valence-electron chi connectivity index (χ4n) is 3.55. The predicted molar refractivity (Wildman–Crippen MR) is 127 cm³/mol. The summed E-state index contributed by atoms with van der Waals surface area (Å²) in [5.74, 6) is 0. The molecule has 2 N–H and O–H groups in total. The molecule has 0 bridgehead atoms. The molecule has 0 saturated heterocycles. The van der Waals surface area contributed by atoms with Gasteiger partial charge in [-0.3, -0.25) is 0 Å². The third-order valence-corrected chi connectivity index (χ3v) is 5.79. The van der Waals surface area contributed by atoms with Crippen molar-refractivity contribution in [3.8, 4) is 0 Å². The molecule has 0 aliphatic carbocycles. The molecule has 3 rings (SSSR count). The molecule has 0 radical (unpaired) electrons. The summed E-state index contributed by atoms with van der Waals surface area (Å²) in [5, 5.41) is 17.6. The molecule has 0 heterocycles. The average Bonchev–Trinajstić information content (AvgIpc) is 2.72. The van der Waals surface area contributed by atoms with Gasteiger partial charge < -0.3 is 15.2 Å². The number of ether oxygens (including phenoxy) is 1. The van der Waals surface area contributed by atoms with Crippen LogP contribution in [0, 0.1) is 0 Å². The molecule has 0 fully saturated rings. The fourth-order valence-corrected chi connectivity index (χ4v) is 4.00. The van der Waals surface area contributed by atoms with Crippen LogP contribution in [0.15, 0.2) is 60.7 Å². The maximum absolute atomic E-state index is 10.4. The van der Waals surface area contributed by atoms with Gasteiger partial charge in [0, 0.05) is 27.7 Å². The molecule has 0 aliphatic heterocycles. The quantitative estimate of drug-likeness (QED) is 0.412. The van der Waals surface area contributed by atoms with E-state index in [0.29, 0.717) is 16.6 Å². The van der Waals surface area contributed by atoms with Crippen molar-refractivity contribution in [3.05, 3.63) is 81.8 Å². The highest BCUT2D eigenvalue weighted by Gasteiger charge is 2.20. The smallest absolute Gasteiger partial charge is 0.0898 e. The van der Waals surface area contributed by atoms with Gasteiger partial charge in [-0.15, -0.1) is 0 Å². The van der Waals surface area contributed by atoms with E-state index >= 15 is 0 Å². The molecular weight excluding hydrogens is 417 g/mol. The lowest BCUT2D eigenvalue weighted by atomic mass is 9.93. The van der Waals surface area contributed by atoms with Crippen molar-refractivity contribution in [1.29, 1.82) is 0 Å². The number of aliphatic hydroxyl groups excluding tert-OH is 1. The minimum atomic E-state index is -0.624. The highest BCUT2D eigenvalue weighted by molar-refractivity contribution is 6.33. The van der Waals surface area contributed by atoms with Gasteiger partial charge in [0.1, 0.15) is 0 Å². The van der Waals surface area contributed by atoms with Gasteiger partial charge >= 0.3 is 0 Å². The first kappa shape index (κ1) is 23.1. The molecule has 0 saturated carbocycles. The number of benzene rings is 3. The van der Waals surface area contributed by atoms with Gasteiger partial charge in [0.25, 0.3) is 0 Å². The predicted octanol–water partition coefficient (Wildman–Crippen LogP) is 6.20. The zero-order valence-corrected chi connectivity index (χ0v) is 19.2. The molecule has 3 aromatic rings. The van der Waals surface area contributed by atoms with Crippen LogP contribution in [-0.4, -0.2) is 29.9 Å². The van der Waals surface area contributed by atoms with E-state index in [1.165, 1.54) is 16.3 Å². The second kappa shape index (κ2) is 10.1. The van der Waals surface area contributed by atoms with Crippen LogP contribution in [0.3, 0.4) is 0 Å². The van der Waals surface area contributed by atoms with E-state index in [9.17, 15) is 5.11 Å². The Hall–Kier alpha value is -1.62. The Morgan fingerprint density at radius 2 is 1.73 bits per heavy atom. The Labute approximate surface area is 189 Å². The summed E-state index contributed by atoms with van der Waals surface area (Å²) in [6.07, 6.45) is -0.0160. The lowest BCUT2D eigenvalue weighted by Gasteiger charge is -2.28. The monoisotopic (exact) mass is 445 g/mol. The van der Waals surface area contributed by atoms with Gasteiger partial charge in [-0.2, -0.15) is 0 Å². The molecule has 0 spiro atoms. The highest BCUT2D eigenvalue weighted by Crippen LogP contribution is 2.28. The van der Waals surface area contributed by atoms with Crippen molar-refractivity contribution in [2.75, 3.05) is 13.2 Å². The summed E-state index contributed by atoms with van der Waals surface area (Å²) >= 11 is 12.3. The van der Waals surface area contributed by atoms with Crippen molar-refractivity contribution in [2.24, 2.45) is 0 Å². The molecular formula is C25H29Cl2NO2. The van der Waals surface area contributed by atoms with E-state index in [1.54, 1.807) is 18.2 Å². The average molecular weight is 446 g/mol. The number of fused-ring (bicyclic) bond motifs is 1. The van der Waals surface area contributed by atoms with Crippen LogP contribution in [0.25, 0.3) is 10.8 Å². The first-order valence-electron chi connectivity index (χ1n) is 10.2. The highest BCUT2D eigenvalue weighted by atomic mass is 35.5. The van der Waals surface area contributed by atoms with E-state index in [0.717, 1.165) is 12.0 Å². The van der Waals surface area contributed by atoms with Crippen LogP contribution in [0.4, 0.5) is 0 Å². The van der Waals surface area contributed by atoms with Crippen molar-refractivity contribution >= 4 is 34.0 Å². The summed E-state index contributed by atoms with van der Waals surface area (Å²) in [7, 11) is 0. The maximum atomic E-state index is 10.4. The second-order valence-electron chi connectivity index (χ2n) is 8.42. The van der Waals surface area contributed by atoms with Crippen LogP contribution in [0.5, 0.6) is 0 Å². The minimum Gasteiger partial charge on any atom is -0.389 e. The van der Waals surface area contributed by atoms with E-state index in [4.69, 9.17) is 27.9 Å². The van der Waals surface area contributed by atoms with E-state index in [1.807, 2.05) is 6.92 Å². The lowest BCUT2D eigenvalue weighted by molar-refractivity contribution is -0.00413. The molecule has 160 valence electrons. The molecule has 30 heavy (non-hydrogen) atoms. The summed E-state index contributed by atoms with van der Waals surface area (Å²) in [5.41, 5.74) is 1.92. The number of aliphatic hydroxyl groups is 1. The summed E-state index contributed by atoms with van der Waals surface area (Å²) in [4.78, 5) is 0. The van der Waals surface area contributed by atoms with E-state index in [2.05, 4.69) is 61.6 Å². The molecule has 0 aromatic heterocycles. The van der Waals surface area contributed by atoms with Crippen molar-refractivity contribution in [2.45, 2.75) is 44.9 Å². The maximum Gasteiger partial charge on any atom is 0.0898 e. The van der Waals surface area contributed by atoms with Crippen LogP contribution in [0.2, 0.25) is 10.0 Å². The van der Waals surface area contributed by atoms with Gasteiger partial charge in [-0.25, -0.2) is 0 Å². The number of hydrogen-bond donors (Lipinski definition) is 2. The third-order valence-electron chi connectivity index (χ3n) is 5.21. The van der Waals surface area contributed by atoms with Crippen LogP contribution in [-0.2, 0) is 11.2 Å². The molecule has 2 atom stereocenters.